The number of anilines is 1. The molecule has 0 spiro atoms. The molecule has 94 valence electrons. The van der Waals surface area contributed by atoms with Gasteiger partial charge < -0.3 is 5.32 Å². The molecular formula is C12H15N5O. The maximum absolute atomic E-state index is 11.8. The van der Waals surface area contributed by atoms with E-state index in [0.29, 0.717) is 11.5 Å². The maximum atomic E-state index is 11.8. The summed E-state index contributed by atoms with van der Waals surface area (Å²) in [5.41, 5.74) is 0.240. The second kappa shape index (κ2) is 4.56. The van der Waals surface area contributed by atoms with Gasteiger partial charge in [0, 0.05) is 5.41 Å². The van der Waals surface area contributed by atoms with Crippen LogP contribution in [0.3, 0.4) is 0 Å². The van der Waals surface area contributed by atoms with Crippen LogP contribution in [-0.2, 0) is 4.79 Å². The highest BCUT2D eigenvalue weighted by Crippen LogP contribution is 2.17. The standard InChI is InChI=1S/C12H15N5O/c1-12(2,3)11(18)16-9-4-5-10(14-6-9)17-8-13-7-15-17/h4-8H,1-3H3,(H,16,18). The monoisotopic (exact) mass is 245 g/mol. The van der Waals surface area contributed by atoms with Gasteiger partial charge in [-0.15, -0.1) is 0 Å². The van der Waals surface area contributed by atoms with E-state index in [1.165, 1.54) is 6.33 Å². The van der Waals surface area contributed by atoms with E-state index in [1.807, 2.05) is 20.8 Å². The normalized spacial score (nSPS) is 11.3. The van der Waals surface area contributed by atoms with Crippen molar-refractivity contribution >= 4 is 11.6 Å². The van der Waals surface area contributed by atoms with Gasteiger partial charge in [0.1, 0.15) is 12.7 Å². The minimum atomic E-state index is -0.426. The van der Waals surface area contributed by atoms with Crippen molar-refractivity contribution < 1.29 is 4.79 Å². The minimum Gasteiger partial charge on any atom is -0.324 e. The highest BCUT2D eigenvalue weighted by Gasteiger charge is 2.21. The molecule has 0 aliphatic rings. The zero-order chi connectivity index (χ0) is 13.2. The van der Waals surface area contributed by atoms with Gasteiger partial charge in [0.15, 0.2) is 5.82 Å². The fraction of sp³-hybridized carbons (Fsp3) is 0.333. The smallest absolute Gasteiger partial charge is 0.229 e. The van der Waals surface area contributed by atoms with Crippen LogP contribution >= 0.6 is 0 Å². The zero-order valence-corrected chi connectivity index (χ0v) is 10.6. The molecule has 0 bridgehead atoms. The predicted octanol–water partition coefficient (Wildman–Crippen LogP) is 1.65. The minimum absolute atomic E-state index is 0.0437. The number of hydrogen-bond acceptors (Lipinski definition) is 4. The Hall–Kier alpha value is -2.24. The van der Waals surface area contributed by atoms with Crippen LogP contribution in [0.5, 0.6) is 0 Å². The van der Waals surface area contributed by atoms with Crippen molar-refractivity contribution in [1.29, 1.82) is 0 Å². The molecule has 0 saturated carbocycles. The Bertz CT molecular complexity index is 525. The third-order valence-corrected chi connectivity index (χ3v) is 2.34. The van der Waals surface area contributed by atoms with Crippen molar-refractivity contribution in [1.82, 2.24) is 19.7 Å². The predicted molar refractivity (Wildman–Crippen MR) is 67.2 cm³/mol. The molecule has 2 heterocycles. The molecule has 2 rings (SSSR count). The van der Waals surface area contributed by atoms with Crippen LogP contribution in [0.25, 0.3) is 5.82 Å². The Morgan fingerprint density at radius 3 is 2.61 bits per heavy atom. The van der Waals surface area contributed by atoms with Crippen molar-refractivity contribution in [3.8, 4) is 5.82 Å². The van der Waals surface area contributed by atoms with E-state index >= 15 is 0 Å². The van der Waals surface area contributed by atoms with E-state index in [4.69, 9.17) is 0 Å². The molecule has 0 aromatic carbocycles. The number of hydrogen-bond donors (Lipinski definition) is 1. The highest BCUT2D eigenvalue weighted by molar-refractivity contribution is 5.94. The zero-order valence-electron chi connectivity index (χ0n) is 10.6. The molecular weight excluding hydrogens is 230 g/mol. The molecule has 0 atom stereocenters. The lowest BCUT2D eigenvalue weighted by Crippen LogP contribution is -2.27. The van der Waals surface area contributed by atoms with Gasteiger partial charge in [0.05, 0.1) is 11.9 Å². The molecule has 0 aliphatic heterocycles. The molecule has 0 fully saturated rings. The van der Waals surface area contributed by atoms with E-state index in [0.717, 1.165) is 0 Å². The fourth-order valence-corrected chi connectivity index (χ4v) is 1.24. The van der Waals surface area contributed by atoms with E-state index in [1.54, 1.807) is 29.3 Å². The van der Waals surface area contributed by atoms with Crippen LogP contribution in [0.4, 0.5) is 5.69 Å². The van der Waals surface area contributed by atoms with Crippen molar-refractivity contribution in [2.75, 3.05) is 5.32 Å². The number of carbonyl (C=O) groups excluding carboxylic acids is 1. The van der Waals surface area contributed by atoms with Crippen LogP contribution in [0.2, 0.25) is 0 Å². The second-order valence-electron chi connectivity index (χ2n) is 4.95. The summed E-state index contributed by atoms with van der Waals surface area (Å²) in [5, 5.41) is 6.78. The summed E-state index contributed by atoms with van der Waals surface area (Å²) in [5.74, 6) is 0.610. The molecule has 18 heavy (non-hydrogen) atoms. The van der Waals surface area contributed by atoms with Crippen LogP contribution in [-0.4, -0.2) is 25.7 Å². The quantitative estimate of drug-likeness (QED) is 0.873. The molecule has 2 aromatic rings. The Kier molecular flexibility index (Phi) is 3.10. The number of aromatic nitrogens is 4. The topological polar surface area (TPSA) is 72.7 Å². The van der Waals surface area contributed by atoms with Crippen molar-refractivity contribution in [3.05, 3.63) is 31.0 Å². The van der Waals surface area contributed by atoms with Gasteiger partial charge in [-0.1, -0.05) is 20.8 Å². The van der Waals surface area contributed by atoms with Gasteiger partial charge in [-0.05, 0) is 12.1 Å². The summed E-state index contributed by atoms with van der Waals surface area (Å²) < 4.78 is 1.55. The first-order valence-electron chi connectivity index (χ1n) is 5.59. The van der Waals surface area contributed by atoms with Crippen LogP contribution in [0.1, 0.15) is 20.8 Å². The Morgan fingerprint density at radius 2 is 2.11 bits per heavy atom. The molecule has 0 unspecified atom stereocenters. The van der Waals surface area contributed by atoms with Crippen LogP contribution in [0.15, 0.2) is 31.0 Å². The molecule has 1 N–H and O–H groups in total. The largest absolute Gasteiger partial charge is 0.324 e. The summed E-state index contributed by atoms with van der Waals surface area (Å²) in [6.45, 7) is 5.58. The van der Waals surface area contributed by atoms with Gasteiger partial charge in [0.2, 0.25) is 5.91 Å². The van der Waals surface area contributed by atoms with Crippen LogP contribution in [0, 0.1) is 5.41 Å². The number of nitrogens with zero attached hydrogens (tertiary/aromatic N) is 4. The summed E-state index contributed by atoms with van der Waals surface area (Å²) in [4.78, 5) is 19.8. The van der Waals surface area contributed by atoms with E-state index in [2.05, 4.69) is 20.4 Å². The van der Waals surface area contributed by atoms with Gasteiger partial charge in [-0.2, -0.15) is 5.10 Å². The van der Waals surface area contributed by atoms with Gasteiger partial charge in [0.25, 0.3) is 0 Å². The molecule has 6 nitrogen and oxygen atoms in total. The summed E-state index contributed by atoms with van der Waals surface area (Å²) in [7, 11) is 0. The third-order valence-electron chi connectivity index (χ3n) is 2.34. The molecule has 1 amide bonds. The van der Waals surface area contributed by atoms with Crippen molar-refractivity contribution in [3.63, 3.8) is 0 Å². The number of rotatable bonds is 2. The van der Waals surface area contributed by atoms with E-state index in [9.17, 15) is 4.79 Å². The Morgan fingerprint density at radius 1 is 1.33 bits per heavy atom. The highest BCUT2D eigenvalue weighted by atomic mass is 16.2. The summed E-state index contributed by atoms with van der Waals surface area (Å²) in [6.07, 6.45) is 4.60. The SMILES string of the molecule is CC(C)(C)C(=O)Nc1ccc(-n2cncn2)nc1. The lowest BCUT2D eigenvalue weighted by atomic mass is 9.96. The molecule has 0 radical (unpaired) electrons. The average molecular weight is 245 g/mol. The molecule has 0 aliphatic carbocycles. The lowest BCUT2D eigenvalue weighted by Gasteiger charge is -2.17. The lowest BCUT2D eigenvalue weighted by molar-refractivity contribution is -0.123. The third kappa shape index (κ3) is 2.71. The molecule has 2 aromatic heterocycles. The van der Waals surface area contributed by atoms with Crippen LogP contribution < -0.4 is 5.32 Å². The van der Waals surface area contributed by atoms with Gasteiger partial charge in [-0.3, -0.25) is 4.79 Å². The van der Waals surface area contributed by atoms with Gasteiger partial charge in [-0.25, -0.2) is 14.6 Å². The first-order chi connectivity index (χ1) is 8.47. The first-order valence-corrected chi connectivity index (χ1v) is 5.59. The summed E-state index contributed by atoms with van der Waals surface area (Å²) >= 11 is 0. The average Bonchev–Trinajstić information content (AvgIpc) is 2.82. The number of pyridine rings is 1. The first kappa shape index (κ1) is 12.2. The summed E-state index contributed by atoms with van der Waals surface area (Å²) in [6, 6.07) is 3.56. The Labute approximate surface area is 105 Å². The number of carbonyl (C=O) groups is 1. The number of nitrogens with one attached hydrogen (secondary N) is 1. The van der Waals surface area contributed by atoms with Gasteiger partial charge >= 0.3 is 0 Å². The van der Waals surface area contributed by atoms with Crippen molar-refractivity contribution in [2.45, 2.75) is 20.8 Å². The Balaban J connectivity index is 2.12. The van der Waals surface area contributed by atoms with Crippen molar-refractivity contribution in [2.24, 2.45) is 5.41 Å². The molecule has 0 saturated heterocycles. The molecule has 6 heteroatoms. The van der Waals surface area contributed by atoms with E-state index < -0.39 is 5.41 Å². The maximum Gasteiger partial charge on any atom is 0.229 e. The number of amides is 1. The fourth-order valence-electron chi connectivity index (χ4n) is 1.24. The second-order valence-corrected chi connectivity index (χ2v) is 4.95. The van der Waals surface area contributed by atoms with E-state index in [-0.39, 0.29) is 5.91 Å².